The van der Waals surface area contributed by atoms with Crippen molar-refractivity contribution < 1.29 is 5.11 Å². The zero-order valence-corrected chi connectivity index (χ0v) is 13.0. The van der Waals surface area contributed by atoms with Gasteiger partial charge in [0, 0.05) is 24.6 Å². The topological polar surface area (TPSA) is 32.3 Å². The van der Waals surface area contributed by atoms with E-state index < -0.39 is 0 Å². The van der Waals surface area contributed by atoms with Crippen LogP contribution in [0, 0.1) is 17.3 Å². The van der Waals surface area contributed by atoms with Gasteiger partial charge in [0.15, 0.2) is 0 Å². The van der Waals surface area contributed by atoms with Crippen LogP contribution in [0.25, 0.3) is 0 Å². The SMILES string of the molecule is CC(C)C1CCCC(NCC2(CO)CCCC2)CC1. The fourth-order valence-electron chi connectivity index (χ4n) is 4.08. The number of hydrogen-bond acceptors (Lipinski definition) is 2. The first-order valence-corrected chi connectivity index (χ1v) is 8.49. The summed E-state index contributed by atoms with van der Waals surface area (Å²) in [7, 11) is 0. The Hall–Kier alpha value is -0.0800. The largest absolute Gasteiger partial charge is 0.396 e. The predicted octanol–water partition coefficient (Wildman–Crippen LogP) is 3.73. The normalized spacial score (nSPS) is 31.6. The molecule has 0 saturated heterocycles. The van der Waals surface area contributed by atoms with Gasteiger partial charge in [0.25, 0.3) is 0 Å². The highest BCUT2D eigenvalue weighted by Gasteiger charge is 2.33. The molecule has 19 heavy (non-hydrogen) atoms. The predicted molar refractivity (Wildman–Crippen MR) is 81.2 cm³/mol. The molecule has 2 saturated carbocycles. The summed E-state index contributed by atoms with van der Waals surface area (Å²) in [6.07, 6.45) is 11.9. The van der Waals surface area contributed by atoms with Crippen LogP contribution in [-0.2, 0) is 0 Å². The van der Waals surface area contributed by atoms with Gasteiger partial charge in [-0.3, -0.25) is 0 Å². The van der Waals surface area contributed by atoms with E-state index in [0.717, 1.165) is 18.4 Å². The first-order chi connectivity index (χ1) is 9.15. The molecule has 2 aliphatic carbocycles. The van der Waals surface area contributed by atoms with E-state index in [1.807, 2.05) is 0 Å². The molecule has 0 bridgehead atoms. The van der Waals surface area contributed by atoms with Crippen LogP contribution in [0.5, 0.6) is 0 Å². The molecule has 0 aliphatic heterocycles. The minimum absolute atomic E-state index is 0.212. The van der Waals surface area contributed by atoms with E-state index in [2.05, 4.69) is 19.2 Å². The van der Waals surface area contributed by atoms with E-state index in [4.69, 9.17) is 0 Å². The van der Waals surface area contributed by atoms with E-state index in [0.29, 0.717) is 12.6 Å². The molecule has 0 spiro atoms. The molecular formula is C17H33NO. The third-order valence-corrected chi connectivity index (χ3v) is 5.72. The van der Waals surface area contributed by atoms with Gasteiger partial charge >= 0.3 is 0 Å². The van der Waals surface area contributed by atoms with Crippen LogP contribution in [0.4, 0.5) is 0 Å². The Labute approximate surface area is 119 Å². The average Bonchev–Trinajstić information content (AvgIpc) is 2.74. The molecule has 2 rings (SSSR count). The van der Waals surface area contributed by atoms with Gasteiger partial charge in [-0.1, -0.05) is 39.5 Å². The van der Waals surface area contributed by atoms with E-state index >= 15 is 0 Å². The summed E-state index contributed by atoms with van der Waals surface area (Å²) in [5, 5.41) is 13.5. The van der Waals surface area contributed by atoms with Crippen molar-refractivity contribution in [3.8, 4) is 0 Å². The third-order valence-electron chi connectivity index (χ3n) is 5.72. The van der Waals surface area contributed by atoms with Gasteiger partial charge in [-0.2, -0.15) is 0 Å². The molecule has 2 heteroatoms. The maximum absolute atomic E-state index is 9.68. The summed E-state index contributed by atoms with van der Waals surface area (Å²) in [6.45, 7) is 6.16. The lowest BCUT2D eigenvalue weighted by atomic mass is 9.86. The smallest absolute Gasteiger partial charge is 0.0499 e. The second-order valence-corrected chi connectivity index (χ2v) is 7.46. The van der Waals surface area contributed by atoms with Crippen LogP contribution in [0.15, 0.2) is 0 Å². The molecule has 2 atom stereocenters. The van der Waals surface area contributed by atoms with Crippen molar-refractivity contribution >= 4 is 0 Å². The monoisotopic (exact) mass is 267 g/mol. The zero-order valence-electron chi connectivity index (χ0n) is 13.0. The van der Waals surface area contributed by atoms with E-state index in [9.17, 15) is 5.11 Å². The number of hydrogen-bond donors (Lipinski definition) is 2. The van der Waals surface area contributed by atoms with Gasteiger partial charge < -0.3 is 10.4 Å². The molecule has 0 heterocycles. The van der Waals surface area contributed by atoms with E-state index in [-0.39, 0.29) is 5.41 Å². The van der Waals surface area contributed by atoms with Crippen molar-refractivity contribution in [1.29, 1.82) is 0 Å². The third kappa shape index (κ3) is 4.19. The van der Waals surface area contributed by atoms with Crippen LogP contribution in [0.1, 0.15) is 71.6 Å². The first kappa shape index (κ1) is 15.3. The van der Waals surface area contributed by atoms with E-state index in [1.54, 1.807) is 0 Å². The lowest BCUT2D eigenvalue weighted by Gasteiger charge is -2.29. The summed E-state index contributed by atoms with van der Waals surface area (Å²) in [4.78, 5) is 0. The van der Waals surface area contributed by atoms with Crippen LogP contribution in [0.2, 0.25) is 0 Å². The van der Waals surface area contributed by atoms with Crippen molar-refractivity contribution in [2.75, 3.05) is 13.2 Å². The van der Waals surface area contributed by atoms with Gasteiger partial charge in [0.2, 0.25) is 0 Å². The van der Waals surface area contributed by atoms with Gasteiger partial charge in [0.05, 0.1) is 0 Å². The highest BCUT2D eigenvalue weighted by atomic mass is 16.3. The van der Waals surface area contributed by atoms with Crippen LogP contribution < -0.4 is 5.32 Å². The number of aliphatic hydroxyl groups is 1. The van der Waals surface area contributed by atoms with Crippen molar-refractivity contribution in [3.05, 3.63) is 0 Å². The van der Waals surface area contributed by atoms with Gasteiger partial charge in [-0.15, -0.1) is 0 Å². The van der Waals surface area contributed by atoms with E-state index in [1.165, 1.54) is 57.8 Å². The summed E-state index contributed by atoms with van der Waals surface area (Å²) in [5.41, 5.74) is 0.212. The maximum Gasteiger partial charge on any atom is 0.0499 e. The summed E-state index contributed by atoms with van der Waals surface area (Å²) in [5.74, 6) is 1.78. The Morgan fingerprint density at radius 1 is 1.05 bits per heavy atom. The number of nitrogens with one attached hydrogen (secondary N) is 1. The molecular weight excluding hydrogens is 234 g/mol. The molecule has 112 valence electrons. The van der Waals surface area contributed by atoms with Crippen molar-refractivity contribution in [2.24, 2.45) is 17.3 Å². The molecule has 0 amide bonds. The summed E-state index contributed by atoms with van der Waals surface area (Å²) >= 11 is 0. The highest BCUT2D eigenvalue weighted by Crippen LogP contribution is 2.37. The molecule has 2 nitrogen and oxygen atoms in total. The highest BCUT2D eigenvalue weighted by molar-refractivity contribution is 4.88. The Morgan fingerprint density at radius 2 is 1.79 bits per heavy atom. The van der Waals surface area contributed by atoms with Crippen LogP contribution >= 0.6 is 0 Å². The zero-order chi connectivity index (χ0) is 13.7. The standard InChI is InChI=1S/C17H33NO/c1-14(2)15-6-5-7-16(9-8-15)18-12-17(13-19)10-3-4-11-17/h14-16,18-19H,3-13H2,1-2H3. The second kappa shape index (κ2) is 7.08. The molecule has 2 fully saturated rings. The Kier molecular flexibility index (Phi) is 5.70. The molecule has 0 radical (unpaired) electrons. The summed E-state index contributed by atoms with van der Waals surface area (Å²) in [6, 6.07) is 0.702. The molecule has 2 N–H and O–H groups in total. The Bertz CT molecular complexity index is 258. The number of rotatable bonds is 5. The molecule has 0 aromatic carbocycles. The van der Waals surface area contributed by atoms with Crippen molar-refractivity contribution in [3.63, 3.8) is 0 Å². The number of aliphatic hydroxyl groups excluding tert-OH is 1. The lowest BCUT2D eigenvalue weighted by molar-refractivity contribution is 0.123. The maximum atomic E-state index is 9.68. The quantitative estimate of drug-likeness (QED) is 0.744. The fraction of sp³-hybridized carbons (Fsp3) is 1.00. The van der Waals surface area contributed by atoms with Gasteiger partial charge in [-0.05, 0) is 43.9 Å². The minimum atomic E-state index is 0.212. The Morgan fingerprint density at radius 3 is 2.42 bits per heavy atom. The summed E-state index contributed by atoms with van der Waals surface area (Å²) < 4.78 is 0. The van der Waals surface area contributed by atoms with Gasteiger partial charge in [-0.25, -0.2) is 0 Å². The van der Waals surface area contributed by atoms with Crippen LogP contribution in [-0.4, -0.2) is 24.3 Å². The molecule has 2 aliphatic rings. The second-order valence-electron chi connectivity index (χ2n) is 7.46. The fourth-order valence-corrected chi connectivity index (χ4v) is 4.08. The lowest BCUT2D eigenvalue weighted by Crippen LogP contribution is -2.40. The van der Waals surface area contributed by atoms with Crippen molar-refractivity contribution in [2.45, 2.75) is 77.7 Å². The molecule has 0 aromatic heterocycles. The van der Waals surface area contributed by atoms with Crippen LogP contribution in [0.3, 0.4) is 0 Å². The average molecular weight is 267 g/mol. The van der Waals surface area contributed by atoms with Gasteiger partial charge in [0.1, 0.15) is 0 Å². The molecule has 2 unspecified atom stereocenters. The van der Waals surface area contributed by atoms with Crippen molar-refractivity contribution in [1.82, 2.24) is 5.32 Å². The Balaban J connectivity index is 1.77. The molecule has 0 aromatic rings. The minimum Gasteiger partial charge on any atom is -0.396 e. The first-order valence-electron chi connectivity index (χ1n) is 8.49.